The number of unbranched alkanes of at least 4 members (excludes halogenated alkanes) is 4. The molecule has 0 N–H and O–H groups in total. The van der Waals surface area contributed by atoms with Crippen molar-refractivity contribution < 1.29 is 14.4 Å². The Hall–Kier alpha value is -1.45. The van der Waals surface area contributed by atoms with E-state index in [1.807, 2.05) is 0 Å². The van der Waals surface area contributed by atoms with E-state index < -0.39 is 11.8 Å². The van der Waals surface area contributed by atoms with Crippen LogP contribution >= 0.6 is 0 Å². The summed E-state index contributed by atoms with van der Waals surface area (Å²) < 4.78 is 0. The maximum atomic E-state index is 11.5. The fourth-order valence-corrected chi connectivity index (χ4v) is 1.64. The average molecular weight is 223 g/mol. The Morgan fingerprint density at radius 2 is 1.62 bits per heavy atom. The van der Waals surface area contributed by atoms with E-state index in [0.717, 1.165) is 49.2 Å². The molecule has 88 valence electrons. The molecule has 0 aromatic carbocycles. The van der Waals surface area contributed by atoms with Gasteiger partial charge in [-0.2, -0.15) is 0 Å². The minimum absolute atomic E-state index is 0.281. The standard InChI is InChI=1S/C12H17NO3/c1-2-3-4-5-6-7-10(14)13-11(15)8-9-12(13)16/h8-9H,2-7H2,1H3. The Kier molecular flexibility index (Phi) is 4.89. The molecule has 4 nitrogen and oxygen atoms in total. The minimum Gasteiger partial charge on any atom is -0.274 e. The van der Waals surface area contributed by atoms with Gasteiger partial charge in [0.15, 0.2) is 0 Å². The molecule has 0 unspecified atom stereocenters. The highest BCUT2D eigenvalue weighted by molar-refractivity contribution is 6.22. The lowest BCUT2D eigenvalue weighted by molar-refractivity contribution is -0.148. The molecular formula is C12H17NO3. The Morgan fingerprint density at radius 1 is 1.06 bits per heavy atom. The molecule has 0 atom stereocenters. The summed E-state index contributed by atoms with van der Waals surface area (Å²) in [6, 6.07) is 0. The van der Waals surface area contributed by atoms with Gasteiger partial charge in [0.2, 0.25) is 5.91 Å². The highest BCUT2D eigenvalue weighted by Crippen LogP contribution is 2.10. The van der Waals surface area contributed by atoms with E-state index in [2.05, 4.69) is 6.92 Å². The predicted molar refractivity (Wildman–Crippen MR) is 59.4 cm³/mol. The summed E-state index contributed by atoms with van der Waals surface area (Å²) in [5.41, 5.74) is 0. The van der Waals surface area contributed by atoms with E-state index in [9.17, 15) is 14.4 Å². The van der Waals surface area contributed by atoms with Gasteiger partial charge in [-0.1, -0.05) is 32.6 Å². The lowest BCUT2D eigenvalue weighted by Gasteiger charge is -2.11. The zero-order valence-electron chi connectivity index (χ0n) is 9.57. The fourth-order valence-electron chi connectivity index (χ4n) is 1.64. The Morgan fingerprint density at radius 3 is 2.19 bits per heavy atom. The van der Waals surface area contributed by atoms with Crippen molar-refractivity contribution in [1.82, 2.24) is 4.90 Å². The van der Waals surface area contributed by atoms with Crippen molar-refractivity contribution in [3.8, 4) is 0 Å². The summed E-state index contributed by atoms with van der Waals surface area (Å²) >= 11 is 0. The Labute approximate surface area is 95.3 Å². The van der Waals surface area contributed by atoms with E-state index in [-0.39, 0.29) is 12.3 Å². The molecule has 0 bridgehead atoms. The molecule has 4 heteroatoms. The van der Waals surface area contributed by atoms with Gasteiger partial charge in [0.25, 0.3) is 11.8 Å². The molecule has 0 fully saturated rings. The van der Waals surface area contributed by atoms with Crippen LogP contribution in [0.4, 0.5) is 0 Å². The number of nitrogens with zero attached hydrogens (tertiary/aromatic N) is 1. The van der Waals surface area contributed by atoms with Gasteiger partial charge < -0.3 is 0 Å². The van der Waals surface area contributed by atoms with Crippen LogP contribution < -0.4 is 0 Å². The highest BCUT2D eigenvalue weighted by atomic mass is 16.2. The van der Waals surface area contributed by atoms with Crippen LogP contribution in [0.3, 0.4) is 0 Å². The zero-order valence-corrected chi connectivity index (χ0v) is 9.57. The van der Waals surface area contributed by atoms with Crippen LogP contribution in [0.15, 0.2) is 12.2 Å². The van der Waals surface area contributed by atoms with Crippen molar-refractivity contribution in [1.29, 1.82) is 0 Å². The summed E-state index contributed by atoms with van der Waals surface area (Å²) in [5.74, 6) is -1.40. The molecule has 16 heavy (non-hydrogen) atoms. The third kappa shape index (κ3) is 3.29. The van der Waals surface area contributed by atoms with E-state index in [0.29, 0.717) is 0 Å². The van der Waals surface area contributed by atoms with Gasteiger partial charge in [0, 0.05) is 18.6 Å². The molecule has 3 amide bonds. The van der Waals surface area contributed by atoms with E-state index in [1.54, 1.807) is 0 Å². The van der Waals surface area contributed by atoms with Crippen molar-refractivity contribution in [3.05, 3.63) is 12.2 Å². The maximum Gasteiger partial charge on any atom is 0.260 e. The van der Waals surface area contributed by atoms with Crippen LogP contribution in [-0.2, 0) is 14.4 Å². The number of hydrogen-bond acceptors (Lipinski definition) is 3. The molecule has 1 aliphatic rings. The average Bonchev–Trinajstić information content (AvgIpc) is 2.58. The molecule has 1 rings (SSSR count). The van der Waals surface area contributed by atoms with Crippen LogP contribution in [0.2, 0.25) is 0 Å². The molecule has 0 aromatic rings. The number of carbonyl (C=O) groups excluding carboxylic acids is 3. The van der Waals surface area contributed by atoms with Crippen LogP contribution in [0.5, 0.6) is 0 Å². The second-order valence-corrected chi connectivity index (χ2v) is 3.90. The Balaban J connectivity index is 2.25. The summed E-state index contributed by atoms with van der Waals surface area (Å²) in [6.45, 7) is 2.12. The summed E-state index contributed by atoms with van der Waals surface area (Å²) in [4.78, 5) is 34.6. The van der Waals surface area contributed by atoms with Gasteiger partial charge in [0.1, 0.15) is 0 Å². The molecule has 0 aliphatic carbocycles. The lowest BCUT2D eigenvalue weighted by Crippen LogP contribution is -2.36. The summed E-state index contributed by atoms with van der Waals surface area (Å²) in [7, 11) is 0. The largest absolute Gasteiger partial charge is 0.274 e. The Bertz CT molecular complexity index is 302. The number of hydrogen-bond donors (Lipinski definition) is 0. The highest BCUT2D eigenvalue weighted by Gasteiger charge is 2.29. The van der Waals surface area contributed by atoms with Crippen LogP contribution in [0.1, 0.15) is 45.4 Å². The van der Waals surface area contributed by atoms with Crippen LogP contribution in [0.25, 0.3) is 0 Å². The first-order chi connectivity index (χ1) is 7.66. The second kappa shape index (κ2) is 6.20. The van der Waals surface area contributed by atoms with Gasteiger partial charge in [-0.25, -0.2) is 4.90 Å². The number of carbonyl (C=O) groups is 3. The number of imide groups is 3. The smallest absolute Gasteiger partial charge is 0.260 e. The molecule has 0 spiro atoms. The van der Waals surface area contributed by atoms with Crippen molar-refractivity contribution >= 4 is 17.7 Å². The molecule has 0 saturated heterocycles. The third-order valence-corrected chi connectivity index (χ3v) is 2.55. The minimum atomic E-state index is -0.511. The second-order valence-electron chi connectivity index (χ2n) is 3.90. The maximum absolute atomic E-state index is 11.5. The van der Waals surface area contributed by atoms with Crippen LogP contribution in [0, 0.1) is 0 Å². The summed E-state index contributed by atoms with van der Waals surface area (Å²) in [5, 5.41) is 0. The van der Waals surface area contributed by atoms with Gasteiger partial charge in [-0.15, -0.1) is 0 Å². The molecular weight excluding hydrogens is 206 g/mol. The number of rotatable bonds is 6. The third-order valence-electron chi connectivity index (χ3n) is 2.55. The van der Waals surface area contributed by atoms with Gasteiger partial charge in [-0.3, -0.25) is 14.4 Å². The molecule has 0 radical (unpaired) electrons. The normalized spacial score (nSPS) is 14.9. The van der Waals surface area contributed by atoms with Crippen LogP contribution in [-0.4, -0.2) is 22.6 Å². The van der Waals surface area contributed by atoms with Gasteiger partial charge in [-0.05, 0) is 6.42 Å². The fraction of sp³-hybridized carbons (Fsp3) is 0.583. The SMILES string of the molecule is CCCCCCCC(=O)N1C(=O)C=CC1=O. The van der Waals surface area contributed by atoms with Crippen molar-refractivity contribution in [2.24, 2.45) is 0 Å². The van der Waals surface area contributed by atoms with E-state index in [1.165, 1.54) is 0 Å². The lowest BCUT2D eigenvalue weighted by atomic mass is 10.1. The van der Waals surface area contributed by atoms with E-state index >= 15 is 0 Å². The molecule has 1 aliphatic heterocycles. The predicted octanol–water partition coefficient (Wildman–Crippen LogP) is 1.80. The monoisotopic (exact) mass is 223 g/mol. The quantitative estimate of drug-likeness (QED) is 0.509. The van der Waals surface area contributed by atoms with E-state index in [4.69, 9.17) is 0 Å². The summed E-state index contributed by atoms with van der Waals surface area (Å²) in [6.07, 6.45) is 7.69. The molecule has 0 saturated carbocycles. The molecule has 1 heterocycles. The molecule has 0 aromatic heterocycles. The zero-order chi connectivity index (χ0) is 12.0. The topological polar surface area (TPSA) is 54.5 Å². The number of amides is 3. The van der Waals surface area contributed by atoms with Crippen molar-refractivity contribution in [3.63, 3.8) is 0 Å². The first-order valence-electron chi connectivity index (χ1n) is 5.75. The van der Waals surface area contributed by atoms with Gasteiger partial charge >= 0.3 is 0 Å². The van der Waals surface area contributed by atoms with Crippen molar-refractivity contribution in [2.45, 2.75) is 45.4 Å². The first kappa shape index (κ1) is 12.6. The van der Waals surface area contributed by atoms with Crippen molar-refractivity contribution in [2.75, 3.05) is 0 Å². The van der Waals surface area contributed by atoms with Gasteiger partial charge in [0.05, 0.1) is 0 Å². The first-order valence-corrected chi connectivity index (χ1v) is 5.75.